The van der Waals surface area contributed by atoms with Crippen LogP contribution in [0.4, 0.5) is 0 Å². The zero-order valence-electron chi connectivity index (χ0n) is 12.9. The van der Waals surface area contributed by atoms with Crippen molar-refractivity contribution in [3.8, 4) is 5.88 Å². The molecule has 1 saturated carbocycles. The zero-order chi connectivity index (χ0) is 17.0. The predicted octanol–water partition coefficient (Wildman–Crippen LogP) is 2.80. The third-order valence-electron chi connectivity index (χ3n) is 3.93. The van der Waals surface area contributed by atoms with Crippen molar-refractivity contribution < 1.29 is 13.2 Å². The Labute approximate surface area is 146 Å². The average molecular weight is 368 g/mol. The topological polar surface area (TPSA) is 81.2 Å². The summed E-state index contributed by atoms with van der Waals surface area (Å²) in [5.74, 6) is 0.500. The molecule has 0 aliphatic heterocycles. The molecule has 1 aromatic carbocycles. The van der Waals surface area contributed by atoms with Crippen molar-refractivity contribution in [1.82, 2.24) is 14.7 Å². The molecule has 1 N–H and O–H groups in total. The summed E-state index contributed by atoms with van der Waals surface area (Å²) in [6.07, 6.45) is 7.74. The Morgan fingerprint density at radius 2 is 1.96 bits per heavy atom. The molecular weight excluding hydrogens is 350 g/mol. The van der Waals surface area contributed by atoms with Gasteiger partial charge < -0.3 is 4.74 Å². The first kappa shape index (κ1) is 17.1. The SMILES string of the molecule is O=S(=O)(NC1CCC(Oc2cnccn2)CC1)c1cccc(Cl)c1. The first-order chi connectivity index (χ1) is 11.5. The number of hydrogen-bond donors (Lipinski definition) is 1. The number of ether oxygens (including phenoxy) is 1. The van der Waals surface area contributed by atoms with Crippen molar-refractivity contribution in [1.29, 1.82) is 0 Å². The van der Waals surface area contributed by atoms with Gasteiger partial charge in [-0.15, -0.1) is 0 Å². The normalized spacial score (nSPS) is 21.4. The van der Waals surface area contributed by atoms with Gasteiger partial charge in [0.25, 0.3) is 0 Å². The summed E-state index contributed by atoms with van der Waals surface area (Å²) in [5, 5.41) is 0.402. The molecule has 3 rings (SSSR count). The van der Waals surface area contributed by atoms with Crippen molar-refractivity contribution in [3.05, 3.63) is 47.9 Å². The van der Waals surface area contributed by atoms with Gasteiger partial charge in [0.15, 0.2) is 0 Å². The second-order valence-electron chi connectivity index (χ2n) is 5.71. The van der Waals surface area contributed by atoms with E-state index in [0.717, 1.165) is 12.8 Å². The summed E-state index contributed by atoms with van der Waals surface area (Å²) in [7, 11) is -3.56. The highest BCUT2D eigenvalue weighted by Gasteiger charge is 2.27. The fraction of sp³-hybridized carbons (Fsp3) is 0.375. The molecule has 0 radical (unpaired) electrons. The van der Waals surface area contributed by atoms with Crippen LogP contribution in [0.1, 0.15) is 25.7 Å². The lowest BCUT2D eigenvalue weighted by molar-refractivity contribution is 0.138. The molecular formula is C16H18ClN3O3S. The van der Waals surface area contributed by atoms with Gasteiger partial charge in [-0.05, 0) is 43.9 Å². The minimum atomic E-state index is -3.56. The first-order valence-electron chi connectivity index (χ1n) is 7.73. The van der Waals surface area contributed by atoms with E-state index in [1.165, 1.54) is 12.1 Å². The van der Waals surface area contributed by atoms with Crippen LogP contribution in [0.2, 0.25) is 5.02 Å². The van der Waals surface area contributed by atoms with Crippen molar-refractivity contribution in [2.45, 2.75) is 42.7 Å². The van der Waals surface area contributed by atoms with E-state index < -0.39 is 10.0 Å². The van der Waals surface area contributed by atoms with Crippen LogP contribution in [-0.2, 0) is 10.0 Å². The Kier molecular flexibility index (Phi) is 5.33. The molecule has 1 aliphatic rings. The molecule has 1 heterocycles. The standard InChI is InChI=1S/C16H18ClN3O3S/c17-12-2-1-3-15(10-12)24(21,22)20-13-4-6-14(7-5-13)23-16-11-18-8-9-19-16/h1-3,8-11,13-14,20H,4-7H2. The highest BCUT2D eigenvalue weighted by atomic mass is 35.5. The highest BCUT2D eigenvalue weighted by Crippen LogP contribution is 2.24. The van der Waals surface area contributed by atoms with E-state index in [1.807, 2.05) is 0 Å². The van der Waals surface area contributed by atoms with E-state index in [1.54, 1.807) is 30.7 Å². The molecule has 24 heavy (non-hydrogen) atoms. The molecule has 128 valence electrons. The fourth-order valence-electron chi connectivity index (χ4n) is 2.74. The summed E-state index contributed by atoms with van der Waals surface area (Å²) in [6.45, 7) is 0. The van der Waals surface area contributed by atoms with Gasteiger partial charge in [-0.25, -0.2) is 18.1 Å². The molecule has 6 nitrogen and oxygen atoms in total. The smallest absolute Gasteiger partial charge is 0.240 e. The Hall–Kier alpha value is -1.70. The second kappa shape index (κ2) is 7.46. The van der Waals surface area contributed by atoms with E-state index in [9.17, 15) is 8.42 Å². The lowest BCUT2D eigenvalue weighted by Crippen LogP contribution is -2.39. The highest BCUT2D eigenvalue weighted by molar-refractivity contribution is 7.89. The average Bonchev–Trinajstić information content (AvgIpc) is 2.57. The predicted molar refractivity (Wildman–Crippen MR) is 90.5 cm³/mol. The first-order valence-corrected chi connectivity index (χ1v) is 9.59. The number of benzene rings is 1. The van der Waals surface area contributed by atoms with Gasteiger partial charge in [0, 0.05) is 23.5 Å². The van der Waals surface area contributed by atoms with Crippen LogP contribution in [0.25, 0.3) is 0 Å². The van der Waals surface area contributed by atoms with Gasteiger partial charge in [0.1, 0.15) is 6.10 Å². The van der Waals surface area contributed by atoms with Crippen molar-refractivity contribution in [2.24, 2.45) is 0 Å². The molecule has 0 bridgehead atoms. The molecule has 1 aliphatic carbocycles. The van der Waals surface area contributed by atoms with Crippen LogP contribution in [0.5, 0.6) is 5.88 Å². The van der Waals surface area contributed by atoms with E-state index in [4.69, 9.17) is 16.3 Å². The minimum absolute atomic E-state index is 0.0358. The summed E-state index contributed by atoms with van der Waals surface area (Å²) in [4.78, 5) is 8.24. The number of rotatable bonds is 5. The van der Waals surface area contributed by atoms with Gasteiger partial charge in [0.05, 0.1) is 11.1 Å². The molecule has 1 fully saturated rings. The molecule has 0 saturated heterocycles. The lowest BCUT2D eigenvalue weighted by Gasteiger charge is -2.28. The Balaban J connectivity index is 1.55. The van der Waals surface area contributed by atoms with Gasteiger partial charge in [-0.1, -0.05) is 17.7 Å². The van der Waals surface area contributed by atoms with Gasteiger partial charge in [-0.3, -0.25) is 4.98 Å². The Morgan fingerprint density at radius 3 is 2.62 bits per heavy atom. The quantitative estimate of drug-likeness (QED) is 0.878. The van der Waals surface area contributed by atoms with Crippen LogP contribution in [-0.4, -0.2) is 30.5 Å². The molecule has 0 spiro atoms. The summed E-state index contributed by atoms with van der Waals surface area (Å²) in [5.41, 5.74) is 0. The lowest BCUT2D eigenvalue weighted by atomic mass is 9.94. The molecule has 2 aromatic rings. The van der Waals surface area contributed by atoms with E-state index >= 15 is 0 Å². The van der Waals surface area contributed by atoms with Crippen LogP contribution in [0.3, 0.4) is 0 Å². The largest absolute Gasteiger partial charge is 0.473 e. The number of halogens is 1. The number of nitrogens with one attached hydrogen (secondary N) is 1. The molecule has 8 heteroatoms. The third-order valence-corrected chi connectivity index (χ3v) is 5.68. The Bertz CT molecular complexity index is 778. The maximum atomic E-state index is 12.4. The maximum Gasteiger partial charge on any atom is 0.240 e. The van der Waals surface area contributed by atoms with Gasteiger partial charge in [-0.2, -0.15) is 0 Å². The van der Waals surface area contributed by atoms with Crippen molar-refractivity contribution in [2.75, 3.05) is 0 Å². The van der Waals surface area contributed by atoms with Crippen molar-refractivity contribution >= 4 is 21.6 Å². The number of nitrogens with zero attached hydrogens (tertiary/aromatic N) is 2. The van der Waals surface area contributed by atoms with Crippen molar-refractivity contribution in [3.63, 3.8) is 0 Å². The number of sulfonamides is 1. The molecule has 0 unspecified atom stereocenters. The molecule has 0 atom stereocenters. The minimum Gasteiger partial charge on any atom is -0.473 e. The fourth-order valence-corrected chi connectivity index (χ4v) is 4.34. The number of aromatic nitrogens is 2. The van der Waals surface area contributed by atoms with E-state index in [0.29, 0.717) is 23.7 Å². The Morgan fingerprint density at radius 1 is 1.17 bits per heavy atom. The molecule has 1 aromatic heterocycles. The van der Waals surface area contributed by atoms with Crippen LogP contribution in [0.15, 0.2) is 47.8 Å². The maximum absolute atomic E-state index is 12.4. The van der Waals surface area contributed by atoms with Gasteiger partial charge in [0.2, 0.25) is 15.9 Å². The van der Waals surface area contributed by atoms with Crippen LogP contribution in [0, 0.1) is 0 Å². The van der Waals surface area contributed by atoms with Crippen LogP contribution < -0.4 is 9.46 Å². The third kappa shape index (κ3) is 4.43. The number of hydrogen-bond acceptors (Lipinski definition) is 5. The zero-order valence-corrected chi connectivity index (χ0v) is 14.5. The van der Waals surface area contributed by atoms with Gasteiger partial charge >= 0.3 is 0 Å². The monoisotopic (exact) mass is 367 g/mol. The van der Waals surface area contributed by atoms with E-state index in [-0.39, 0.29) is 17.0 Å². The summed E-state index contributed by atoms with van der Waals surface area (Å²) < 4.78 is 33.3. The summed E-state index contributed by atoms with van der Waals surface area (Å²) >= 11 is 5.87. The van der Waals surface area contributed by atoms with E-state index in [2.05, 4.69) is 14.7 Å². The second-order valence-corrected chi connectivity index (χ2v) is 7.86. The molecule has 0 amide bonds. The summed E-state index contributed by atoms with van der Waals surface area (Å²) in [6, 6.07) is 6.16. The van der Waals surface area contributed by atoms with Crippen LogP contribution >= 0.6 is 11.6 Å².